The number of halogens is 3. The molecule has 0 spiro atoms. The van der Waals surface area contributed by atoms with E-state index in [0.29, 0.717) is 19.4 Å². The second kappa shape index (κ2) is 7.06. The number of carbonyl (C=O) groups is 2. The minimum atomic E-state index is -4.35. The van der Waals surface area contributed by atoms with Crippen LogP contribution in [0, 0.1) is 5.92 Å². The summed E-state index contributed by atoms with van der Waals surface area (Å²) in [4.78, 5) is 25.8. The molecule has 2 unspecified atom stereocenters. The summed E-state index contributed by atoms with van der Waals surface area (Å²) < 4.78 is 37.7. The molecule has 2 aliphatic rings. The molecule has 1 saturated heterocycles. The van der Waals surface area contributed by atoms with Crippen LogP contribution in [0.1, 0.15) is 42.7 Å². The Labute approximate surface area is 144 Å². The quantitative estimate of drug-likeness (QED) is 0.884. The minimum Gasteiger partial charge on any atom is -0.355 e. The van der Waals surface area contributed by atoms with Crippen molar-refractivity contribution in [3.8, 4) is 0 Å². The normalized spacial score (nSPS) is 22.8. The van der Waals surface area contributed by atoms with E-state index in [1.165, 1.54) is 12.1 Å². The van der Waals surface area contributed by atoms with Crippen molar-refractivity contribution >= 4 is 11.8 Å². The lowest BCUT2D eigenvalue weighted by Gasteiger charge is -2.15. The fraction of sp³-hybridized carbons (Fsp3) is 0.556. The van der Waals surface area contributed by atoms with Gasteiger partial charge < -0.3 is 10.2 Å². The fourth-order valence-corrected chi connectivity index (χ4v) is 3.32. The van der Waals surface area contributed by atoms with E-state index < -0.39 is 11.7 Å². The molecule has 4 nitrogen and oxygen atoms in total. The van der Waals surface area contributed by atoms with E-state index in [4.69, 9.17) is 0 Å². The number of alkyl halides is 3. The molecular formula is C18H21F3N2O2. The zero-order valence-electron chi connectivity index (χ0n) is 13.8. The number of carbonyl (C=O) groups excluding carboxylic acids is 2. The lowest BCUT2D eigenvalue weighted by atomic mass is 10.1. The molecule has 1 N–H and O–H groups in total. The molecule has 0 aromatic heterocycles. The van der Waals surface area contributed by atoms with Gasteiger partial charge in [-0.2, -0.15) is 13.2 Å². The lowest BCUT2D eigenvalue weighted by Crippen LogP contribution is -2.33. The maximum Gasteiger partial charge on any atom is 0.416 e. The molecule has 1 aromatic carbocycles. The van der Waals surface area contributed by atoms with Gasteiger partial charge in [-0.1, -0.05) is 12.1 Å². The number of amides is 2. The molecule has 7 heteroatoms. The van der Waals surface area contributed by atoms with Crippen molar-refractivity contribution in [3.05, 3.63) is 35.4 Å². The van der Waals surface area contributed by atoms with Gasteiger partial charge in [-0.25, -0.2) is 0 Å². The lowest BCUT2D eigenvalue weighted by molar-refractivity contribution is -0.137. The van der Waals surface area contributed by atoms with Crippen LogP contribution in [0.2, 0.25) is 0 Å². The van der Waals surface area contributed by atoms with Crippen LogP contribution < -0.4 is 5.32 Å². The zero-order chi connectivity index (χ0) is 18.0. The first-order chi connectivity index (χ1) is 11.9. The molecule has 3 rings (SSSR count). The fourth-order valence-electron chi connectivity index (χ4n) is 3.32. The van der Waals surface area contributed by atoms with Crippen LogP contribution in [-0.4, -0.2) is 36.3 Å². The average molecular weight is 354 g/mol. The molecule has 2 atom stereocenters. The molecule has 0 bridgehead atoms. The Bertz CT molecular complexity index is 637. The largest absolute Gasteiger partial charge is 0.416 e. The van der Waals surface area contributed by atoms with Crippen LogP contribution in [0.15, 0.2) is 24.3 Å². The van der Waals surface area contributed by atoms with Gasteiger partial charge >= 0.3 is 6.18 Å². The van der Waals surface area contributed by atoms with Gasteiger partial charge in [-0.15, -0.1) is 0 Å². The third-order valence-electron chi connectivity index (χ3n) is 4.89. The molecule has 136 valence electrons. The van der Waals surface area contributed by atoms with E-state index in [0.717, 1.165) is 43.6 Å². The maximum atomic E-state index is 12.6. The number of nitrogens with one attached hydrogen (secondary N) is 1. The van der Waals surface area contributed by atoms with Gasteiger partial charge in [-0.3, -0.25) is 9.59 Å². The van der Waals surface area contributed by atoms with Crippen molar-refractivity contribution in [3.63, 3.8) is 0 Å². The Hall–Kier alpha value is -2.05. The van der Waals surface area contributed by atoms with E-state index in [2.05, 4.69) is 5.32 Å². The van der Waals surface area contributed by atoms with E-state index >= 15 is 0 Å². The Morgan fingerprint density at radius 2 is 1.76 bits per heavy atom. The second-order valence-electron chi connectivity index (χ2n) is 6.70. The average Bonchev–Trinajstić information content (AvgIpc) is 3.18. The number of hydrogen-bond acceptors (Lipinski definition) is 2. The van der Waals surface area contributed by atoms with E-state index in [1.54, 1.807) is 0 Å². The summed E-state index contributed by atoms with van der Waals surface area (Å²) in [6, 6.07) is 4.99. The van der Waals surface area contributed by atoms with Gasteiger partial charge in [-0.05, 0) is 42.9 Å². The highest BCUT2D eigenvalue weighted by Gasteiger charge is 2.44. The molecule has 2 amide bonds. The van der Waals surface area contributed by atoms with Crippen molar-refractivity contribution in [1.29, 1.82) is 0 Å². The number of likely N-dealkylation sites (tertiary alicyclic amines) is 1. The summed E-state index contributed by atoms with van der Waals surface area (Å²) >= 11 is 0. The van der Waals surface area contributed by atoms with E-state index in [1.807, 2.05) is 4.90 Å². The van der Waals surface area contributed by atoms with E-state index in [-0.39, 0.29) is 23.7 Å². The van der Waals surface area contributed by atoms with Gasteiger partial charge in [0, 0.05) is 32.0 Å². The summed E-state index contributed by atoms with van der Waals surface area (Å²) in [5.41, 5.74) is 0.0691. The first-order valence-electron chi connectivity index (χ1n) is 8.59. The molecule has 1 aromatic rings. The van der Waals surface area contributed by atoms with Crippen molar-refractivity contribution in [2.75, 3.05) is 19.6 Å². The van der Waals surface area contributed by atoms with Crippen molar-refractivity contribution in [2.24, 2.45) is 5.92 Å². The molecule has 1 heterocycles. The maximum absolute atomic E-state index is 12.6. The number of hydrogen-bond donors (Lipinski definition) is 1. The Morgan fingerprint density at radius 3 is 2.36 bits per heavy atom. The van der Waals surface area contributed by atoms with Crippen molar-refractivity contribution in [2.45, 2.75) is 37.8 Å². The first-order valence-corrected chi connectivity index (χ1v) is 8.59. The molecule has 1 saturated carbocycles. The van der Waals surface area contributed by atoms with Gasteiger partial charge in [0.05, 0.1) is 5.56 Å². The second-order valence-corrected chi connectivity index (χ2v) is 6.70. The predicted octanol–water partition coefficient (Wildman–Crippen LogP) is 2.94. The van der Waals surface area contributed by atoms with Crippen LogP contribution in [-0.2, 0) is 15.8 Å². The van der Waals surface area contributed by atoms with Crippen LogP contribution in [0.25, 0.3) is 0 Å². The monoisotopic (exact) mass is 354 g/mol. The van der Waals surface area contributed by atoms with Gasteiger partial charge in [0.2, 0.25) is 11.8 Å². The topological polar surface area (TPSA) is 49.4 Å². The van der Waals surface area contributed by atoms with Crippen LogP contribution in [0.3, 0.4) is 0 Å². The standard InChI is InChI=1S/C18H21F3N2O2/c19-18(20,21)13-5-3-12(4-6-13)14-11-15(14)17(25)22-8-7-16(24)23-9-1-2-10-23/h3-6,14-15H,1-2,7-11H2,(H,22,25). The number of nitrogens with zero attached hydrogens (tertiary/aromatic N) is 1. The summed E-state index contributed by atoms with van der Waals surface area (Å²) in [5.74, 6) is -0.304. The number of rotatable bonds is 5. The summed E-state index contributed by atoms with van der Waals surface area (Å²) in [7, 11) is 0. The van der Waals surface area contributed by atoms with Crippen LogP contribution in [0.4, 0.5) is 13.2 Å². The molecular weight excluding hydrogens is 333 g/mol. The van der Waals surface area contributed by atoms with Gasteiger partial charge in [0.1, 0.15) is 0 Å². The zero-order valence-corrected chi connectivity index (χ0v) is 13.8. The molecule has 0 radical (unpaired) electrons. The van der Waals surface area contributed by atoms with Crippen LogP contribution in [0.5, 0.6) is 0 Å². The Kier molecular flexibility index (Phi) is 5.01. The highest BCUT2D eigenvalue weighted by Crippen LogP contribution is 2.47. The number of benzene rings is 1. The summed E-state index contributed by atoms with van der Waals surface area (Å²) in [6.45, 7) is 1.90. The Morgan fingerprint density at radius 1 is 1.12 bits per heavy atom. The molecule has 1 aliphatic carbocycles. The van der Waals surface area contributed by atoms with Gasteiger partial charge in [0.15, 0.2) is 0 Å². The predicted molar refractivity (Wildman–Crippen MR) is 85.7 cm³/mol. The molecule has 1 aliphatic heterocycles. The molecule has 25 heavy (non-hydrogen) atoms. The SMILES string of the molecule is O=C(NCCC(=O)N1CCCC1)C1CC1c1ccc(C(F)(F)F)cc1. The smallest absolute Gasteiger partial charge is 0.355 e. The summed E-state index contributed by atoms with van der Waals surface area (Å²) in [6.07, 6.45) is -1.34. The molecule has 2 fully saturated rings. The minimum absolute atomic E-state index is 0.0310. The van der Waals surface area contributed by atoms with Gasteiger partial charge in [0.25, 0.3) is 0 Å². The third-order valence-corrected chi connectivity index (χ3v) is 4.89. The highest BCUT2D eigenvalue weighted by atomic mass is 19.4. The third kappa shape index (κ3) is 4.32. The summed E-state index contributed by atoms with van der Waals surface area (Å²) in [5, 5.41) is 2.77. The first kappa shape index (κ1) is 17.8. The highest BCUT2D eigenvalue weighted by molar-refractivity contribution is 5.83. The van der Waals surface area contributed by atoms with Crippen molar-refractivity contribution in [1.82, 2.24) is 10.2 Å². The van der Waals surface area contributed by atoms with E-state index in [9.17, 15) is 22.8 Å². The van der Waals surface area contributed by atoms with Crippen LogP contribution >= 0.6 is 0 Å². The van der Waals surface area contributed by atoms with Crippen molar-refractivity contribution < 1.29 is 22.8 Å². The Balaban J connectivity index is 1.43.